The molecule has 1 saturated heterocycles. The molecule has 1 heterocycles. The van der Waals surface area contributed by atoms with Crippen LogP contribution in [0.4, 0.5) is 5.69 Å². The molecule has 7 heteroatoms. The molecule has 204 valence electrons. The van der Waals surface area contributed by atoms with Gasteiger partial charge in [0.15, 0.2) is 0 Å². The van der Waals surface area contributed by atoms with E-state index in [1.54, 1.807) is 0 Å². The van der Waals surface area contributed by atoms with Gasteiger partial charge in [0.05, 0.1) is 11.3 Å². The van der Waals surface area contributed by atoms with E-state index < -0.39 is 0 Å². The predicted octanol–water partition coefficient (Wildman–Crippen LogP) is 6.41. The fraction of sp³-hybridized carbons (Fsp3) is 0.733. The average molecular weight is 550 g/mol. The molecule has 0 bridgehead atoms. The quantitative estimate of drug-likeness (QED) is 0.316. The minimum atomic E-state index is -0.238. The molecule has 0 unspecified atom stereocenters. The summed E-state index contributed by atoms with van der Waals surface area (Å²) in [5, 5.41) is 3.37. The van der Waals surface area contributed by atoms with E-state index in [9.17, 15) is 9.59 Å². The first-order valence-corrected chi connectivity index (χ1v) is 15.3. The number of anilines is 1. The SMILES string of the molecule is C[C@]12CC[C@@H](OC(=O)c3ccccc3N(CCCl)CCCl)C[C@@H]1CC[C@@H]1[C@@H]2CC[C@]2(C)NC(=O)CC[C@@H]12. The van der Waals surface area contributed by atoms with Crippen molar-refractivity contribution in [3.63, 3.8) is 0 Å². The standard InChI is InChI=1S/C30H42Cl2N2O3/c1-29-13-11-21(37-28(36)23-5-3-4-6-26(23)34(17-15-31)18-16-32)19-20(29)7-8-22-24(29)12-14-30(2)25(22)9-10-27(35)33-30/h3-6,20-22,24-25H,7-19H2,1-2H3,(H,33,35)/t20-,21+,22+,24-,25-,29-,30-/m0/s1. The van der Waals surface area contributed by atoms with Gasteiger partial charge >= 0.3 is 5.97 Å². The highest BCUT2D eigenvalue weighted by Crippen LogP contribution is 2.62. The lowest BCUT2D eigenvalue weighted by Gasteiger charge is -2.62. The van der Waals surface area contributed by atoms with Crippen LogP contribution >= 0.6 is 23.2 Å². The van der Waals surface area contributed by atoms with Crippen LogP contribution in [0.1, 0.15) is 82.0 Å². The number of benzene rings is 1. The van der Waals surface area contributed by atoms with Crippen LogP contribution in [-0.4, -0.2) is 48.4 Å². The molecule has 1 aliphatic heterocycles. The predicted molar refractivity (Wildman–Crippen MR) is 149 cm³/mol. The summed E-state index contributed by atoms with van der Waals surface area (Å²) in [5.74, 6) is 3.51. The van der Waals surface area contributed by atoms with Gasteiger partial charge in [0.1, 0.15) is 6.10 Å². The Morgan fingerprint density at radius 2 is 1.78 bits per heavy atom. The fourth-order valence-electron chi connectivity index (χ4n) is 8.69. The number of nitrogens with zero attached hydrogens (tertiary/aromatic N) is 1. The Bertz CT molecular complexity index is 999. The van der Waals surface area contributed by atoms with Gasteiger partial charge in [0, 0.05) is 36.8 Å². The van der Waals surface area contributed by atoms with Crippen LogP contribution in [-0.2, 0) is 9.53 Å². The second kappa shape index (κ2) is 11.0. The van der Waals surface area contributed by atoms with Crippen molar-refractivity contribution in [3.05, 3.63) is 29.8 Å². The zero-order chi connectivity index (χ0) is 26.2. The largest absolute Gasteiger partial charge is 0.459 e. The Morgan fingerprint density at radius 3 is 2.54 bits per heavy atom. The van der Waals surface area contributed by atoms with Crippen molar-refractivity contribution in [1.82, 2.24) is 5.32 Å². The number of fused-ring (bicyclic) bond motifs is 5. The number of alkyl halides is 2. The minimum absolute atomic E-state index is 0.0272. The highest BCUT2D eigenvalue weighted by atomic mass is 35.5. The molecule has 0 spiro atoms. The van der Waals surface area contributed by atoms with E-state index in [-0.39, 0.29) is 23.5 Å². The number of carbonyl (C=O) groups excluding carboxylic acids is 2. The molecule has 1 N–H and O–H groups in total. The number of ether oxygens (including phenoxy) is 1. The molecule has 5 nitrogen and oxygen atoms in total. The summed E-state index contributed by atoms with van der Waals surface area (Å²) in [6.07, 6.45) is 9.38. The Balaban J connectivity index is 1.26. The number of hydrogen-bond acceptors (Lipinski definition) is 4. The van der Waals surface area contributed by atoms with Crippen LogP contribution < -0.4 is 10.2 Å². The van der Waals surface area contributed by atoms with Gasteiger partial charge in [-0.2, -0.15) is 0 Å². The summed E-state index contributed by atoms with van der Waals surface area (Å²) in [6.45, 7) is 6.07. The Hall–Kier alpha value is -1.46. The van der Waals surface area contributed by atoms with Crippen molar-refractivity contribution < 1.29 is 14.3 Å². The zero-order valence-corrected chi connectivity index (χ0v) is 23.8. The molecule has 5 rings (SSSR count). The van der Waals surface area contributed by atoms with Crippen molar-refractivity contribution in [2.75, 3.05) is 29.7 Å². The van der Waals surface area contributed by atoms with Crippen LogP contribution in [0.15, 0.2) is 24.3 Å². The number of esters is 1. The van der Waals surface area contributed by atoms with E-state index in [1.807, 2.05) is 24.3 Å². The van der Waals surface area contributed by atoms with Crippen molar-refractivity contribution in [2.24, 2.45) is 29.1 Å². The van der Waals surface area contributed by atoms with E-state index in [0.29, 0.717) is 65.9 Å². The van der Waals surface area contributed by atoms with Gasteiger partial charge in [-0.15, -0.1) is 23.2 Å². The van der Waals surface area contributed by atoms with Gasteiger partial charge in [0.25, 0.3) is 0 Å². The van der Waals surface area contributed by atoms with Gasteiger partial charge in [-0.25, -0.2) is 4.79 Å². The number of rotatable bonds is 7. The van der Waals surface area contributed by atoms with E-state index >= 15 is 0 Å². The molecule has 4 aliphatic rings. The maximum atomic E-state index is 13.4. The van der Waals surface area contributed by atoms with Crippen LogP contribution in [0.5, 0.6) is 0 Å². The molecule has 4 fully saturated rings. The van der Waals surface area contributed by atoms with Gasteiger partial charge in [-0.1, -0.05) is 19.1 Å². The summed E-state index contributed by atoms with van der Waals surface area (Å²) >= 11 is 12.1. The van der Waals surface area contributed by atoms with Crippen molar-refractivity contribution in [2.45, 2.75) is 83.3 Å². The maximum absolute atomic E-state index is 13.4. The zero-order valence-electron chi connectivity index (χ0n) is 22.3. The number of para-hydroxylation sites is 1. The third-order valence-corrected chi connectivity index (χ3v) is 10.9. The minimum Gasteiger partial charge on any atom is -0.459 e. The molecule has 0 radical (unpaired) electrons. The third-order valence-electron chi connectivity index (χ3n) is 10.6. The lowest BCUT2D eigenvalue weighted by Crippen LogP contribution is -2.63. The van der Waals surface area contributed by atoms with Gasteiger partial charge in [-0.3, -0.25) is 4.79 Å². The normalized spacial score (nSPS) is 37.0. The summed E-state index contributed by atoms with van der Waals surface area (Å²) < 4.78 is 6.19. The molecule has 1 amide bonds. The summed E-state index contributed by atoms with van der Waals surface area (Å²) in [5.41, 5.74) is 1.71. The first-order chi connectivity index (χ1) is 17.8. The lowest BCUT2D eigenvalue weighted by atomic mass is 9.45. The van der Waals surface area contributed by atoms with Crippen molar-refractivity contribution in [3.8, 4) is 0 Å². The average Bonchev–Trinajstić information content (AvgIpc) is 2.88. The summed E-state index contributed by atoms with van der Waals surface area (Å²) in [6, 6.07) is 7.65. The van der Waals surface area contributed by atoms with Gasteiger partial charge < -0.3 is 15.0 Å². The number of nitrogens with one attached hydrogen (secondary N) is 1. The number of hydrogen-bond donors (Lipinski definition) is 1. The van der Waals surface area contributed by atoms with Crippen LogP contribution in [0, 0.1) is 29.1 Å². The molecular formula is C30H42Cl2N2O3. The summed E-state index contributed by atoms with van der Waals surface area (Å²) in [7, 11) is 0. The summed E-state index contributed by atoms with van der Waals surface area (Å²) in [4.78, 5) is 27.6. The number of halogens is 2. The molecule has 0 aromatic heterocycles. The highest BCUT2D eigenvalue weighted by molar-refractivity contribution is 6.18. The molecular weight excluding hydrogens is 507 g/mol. The third kappa shape index (κ3) is 5.12. The lowest BCUT2D eigenvalue weighted by molar-refractivity contribution is -0.142. The van der Waals surface area contributed by atoms with Crippen molar-refractivity contribution >= 4 is 40.8 Å². The molecule has 7 atom stereocenters. The van der Waals surface area contributed by atoms with E-state index in [1.165, 1.54) is 19.3 Å². The van der Waals surface area contributed by atoms with Gasteiger partial charge in [-0.05, 0) is 99.5 Å². The van der Waals surface area contributed by atoms with Gasteiger partial charge in [0.2, 0.25) is 5.91 Å². The van der Waals surface area contributed by atoms with Crippen LogP contribution in [0.2, 0.25) is 0 Å². The maximum Gasteiger partial charge on any atom is 0.340 e. The first-order valence-electron chi connectivity index (χ1n) is 14.3. The Labute approximate surface area is 232 Å². The van der Waals surface area contributed by atoms with E-state index in [0.717, 1.165) is 37.8 Å². The molecule has 37 heavy (non-hydrogen) atoms. The topological polar surface area (TPSA) is 58.6 Å². The molecule has 1 aromatic carbocycles. The second-order valence-corrected chi connectivity index (χ2v) is 13.1. The second-order valence-electron chi connectivity index (χ2n) is 12.4. The van der Waals surface area contributed by atoms with Crippen molar-refractivity contribution in [1.29, 1.82) is 0 Å². The smallest absolute Gasteiger partial charge is 0.340 e. The fourth-order valence-corrected chi connectivity index (χ4v) is 9.10. The Morgan fingerprint density at radius 1 is 1.03 bits per heavy atom. The molecule has 3 saturated carbocycles. The van der Waals surface area contributed by atoms with E-state index in [2.05, 4.69) is 24.1 Å². The monoisotopic (exact) mass is 548 g/mol. The van der Waals surface area contributed by atoms with Crippen LogP contribution in [0.3, 0.4) is 0 Å². The number of carbonyl (C=O) groups is 2. The Kier molecular flexibility index (Phi) is 8.03. The highest BCUT2D eigenvalue weighted by Gasteiger charge is 2.58. The van der Waals surface area contributed by atoms with Crippen LogP contribution in [0.25, 0.3) is 0 Å². The molecule has 3 aliphatic carbocycles. The number of piperidine rings is 1. The van der Waals surface area contributed by atoms with E-state index in [4.69, 9.17) is 27.9 Å². The first kappa shape index (κ1) is 27.1. The number of amides is 1. The molecule has 1 aromatic rings.